The first kappa shape index (κ1) is 19.0. The summed E-state index contributed by atoms with van der Waals surface area (Å²) in [6.45, 7) is 5.96. The van der Waals surface area contributed by atoms with Crippen molar-refractivity contribution >= 4 is 11.0 Å². The average molecular weight is 411 g/mol. The highest BCUT2D eigenvalue weighted by Gasteiger charge is 2.24. The molecule has 0 saturated carbocycles. The quantitative estimate of drug-likeness (QED) is 0.447. The number of para-hydroxylation sites is 1. The molecule has 5 rings (SSSR count). The summed E-state index contributed by atoms with van der Waals surface area (Å²) < 4.78 is 4.76. The number of aromatic nitrogens is 5. The lowest BCUT2D eigenvalue weighted by Gasteiger charge is -2.20. The lowest BCUT2D eigenvalue weighted by atomic mass is 10.1. The Bertz CT molecular complexity index is 1560. The standard InChI is InChI=1S/C24H21N5O2/c1-14-10-11-20(15(2)12-14)28-21-19(23(30)27(4)24(31)25-21)13-18-16(3)26-29(22(18)28)17-8-6-5-7-9-17/h5-13H,1-4H3. The second-order valence-corrected chi connectivity index (χ2v) is 7.84. The number of hydrogen-bond acceptors (Lipinski definition) is 4. The molecule has 0 bridgehead atoms. The maximum Gasteiger partial charge on any atom is 0.352 e. The maximum absolute atomic E-state index is 13.0. The zero-order chi connectivity index (χ0) is 21.9. The van der Waals surface area contributed by atoms with E-state index in [9.17, 15) is 9.59 Å². The summed E-state index contributed by atoms with van der Waals surface area (Å²) in [4.78, 5) is 29.8. The Morgan fingerprint density at radius 1 is 0.903 bits per heavy atom. The second-order valence-electron chi connectivity index (χ2n) is 7.84. The summed E-state index contributed by atoms with van der Waals surface area (Å²) >= 11 is 0. The van der Waals surface area contributed by atoms with Gasteiger partial charge in [0.2, 0.25) is 0 Å². The summed E-state index contributed by atoms with van der Waals surface area (Å²) in [6.07, 6.45) is 0. The van der Waals surface area contributed by atoms with Gasteiger partial charge in [0.05, 0.1) is 22.6 Å². The Morgan fingerprint density at radius 2 is 1.65 bits per heavy atom. The van der Waals surface area contributed by atoms with Crippen molar-refractivity contribution in [3.05, 3.63) is 92.3 Å². The zero-order valence-electron chi connectivity index (χ0n) is 17.7. The third-order valence-corrected chi connectivity index (χ3v) is 5.65. The van der Waals surface area contributed by atoms with Crippen LogP contribution in [0.25, 0.3) is 33.8 Å². The molecular formula is C24H21N5O2. The van der Waals surface area contributed by atoms with Crippen molar-refractivity contribution < 1.29 is 0 Å². The van der Waals surface area contributed by atoms with Crippen LogP contribution in [0.5, 0.6) is 0 Å². The molecule has 154 valence electrons. The van der Waals surface area contributed by atoms with Gasteiger partial charge in [-0.3, -0.25) is 13.9 Å². The SMILES string of the molecule is Cc1ccc(-n2c3nc(=O)n(C)c(=O)c-3cc3c(C)nn(-c4ccccc4)c32)c(C)c1. The lowest BCUT2D eigenvalue weighted by Crippen LogP contribution is -2.35. The Kier molecular flexibility index (Phi) is 4.15. The van der Waals surface area contributed by atoms with Gasteiger partial charge in [-0.1, -0.05) is 35.9 Å². The van der Waals surface area contributed by atoms with E-state index < -0.39 is 5.69 Å². The molecule has 0 aliphatic carbocycles. The van der Waals surface area contributed by atoms with Gasteiger partial charge in [0.25, 0.3) is 5.56 Å². The monoisotopic (exact) mass is 411 g/mol. The van der Waals surface area contributed by atoms with E-state index in [-0.39, 0.29) is 5.56 Å². The van der Waals surface area contributed by atoms with Crippen molar-refractivity contribution in [1.82, 2.24) is 23.9 Å². The molecule has 7 heteroatoms. The van der Waals surface area contributed by atoms with Crippen molar-refractivity contribution in [3.63, 3.8) is 0 Å². The number of nitrogens with zero attached hydrogens (tertiary/aromatic N) is 5. The van der Waals surface area contributed by atoms with Crippen LogP contribution in [0.3, 0.4) is 0 Å². The fourth-order valence-corrected chi connectivity index (χ4v) is 4.08. The van der Waals surface area contributed by atoms with Gasteiger partial charge in [-0.2, -0.15) is 10.1 Å². The van der Waals surface area contributed by atoms with Crippen molar-refractivity contribution in [2.45, 2.75) is 20.8 Å². The average Bonchev–Trinajstić information content (AvgIpc) is 3.08. The second kappa shape index (κ2) is 6.77. The number of hydrogen-bond donors (Lipinski definition) is 0. The summed E-state index contributed by atoms with van der Waals surface area (Å²) in [5, 5.41) is 5.60. The number of rotatable bonds is 2. The molecule has 2 aromatic carbocycles. The number of fused-ring (bicyclic) bond motifs is 2. The van der Waals surface area contributed by atoms with E-state index >= 15 is 0 Å². The number of benzene rings is 2. The molecule has 0 atom stereocenters. The van der Waals surface area contributed by atoms with Gasteiger partial charge in [-0.25, -0.2) is 9.48 Å². The molecule has 1 aromatic heterocycles. The van der Waals surface area contributed by atoms with Crippen molar-refractivity contribution in [2.75, 3.05) is 0 Å². The van der Waals surface area contributed by atoms with Gasteiger partial charge >= 0.3 is 5.69 Å². The highest BCUT2D eigenvalue weighted by molar-refractivity contribution is 5.88. The first-order chi connectivity index (χ1) is 14.9. The fraction of sp³-hybridized carbons (Fsp3) is 0.167. The minimum atomic E-state index is -0.585. The largest absolute Gasteiger partial charge is 0.352 e. The van der Waals surface area contributed by atoms with E-state index in [4.69, 9.17) is 5.10 Å². The molecule has 2 aliphatic heterocycles. The zero-order valence-corrected chi connectivity index (χ0v) is 17.7. The van der Waals surface area contributed by atoms with Crippen molar-refractivity contribution in [3.8, 4) is 22.8 Å². The summed E-state index contributed by atoms with van der Waals surface area (Å²) in [5.74, 6) is 0.324. The topological polar surface area (TPSA) is 74.7 Å². The summed E-state index contributed by atoms with van der Waals surface area (Å²) in [6, 6.07) is 17.7. The first-order valence-electron chi connectivity index (χ1n) is 10.0. The Morgan fingerprint density at radius 3 is 2.35 bits per heavy atom. The maximum atomic E-state index is 13.0. The minimum absolute atomic E-state index is 0.324. The molecular weight excluding hydrogens is 390 g/mol. The Labute approximate surface area is 178 Å². The van der Waals surface area contributed by atoms with Crippen LogP contribution in [0.2, 0.25) is 0 Å². The molecule has 2 aliphatic rings. The third kappa shape index (κ3) is 2.81. The van der Waals surface area contributed by atoms with Gasteiger partial charge in [-0.15, -0.1) is 0 Å². The Balaban J connectivity index is 2.06. The van der Waals surface area contributed by atoms with Crippen molar-refractivity contribution in [2.24, 2.45) is 7.05 Å². The smallest absolute Gasteiger partial charge is 0.277 e. The molecule has 0 fully saturated rings. The first-order valence-corrected chi connectivity index (χ1v) is 10.0. The highest BCUT2D eigenvalue weighted by atomic mass is 16.2. The predicted octanol–water partition coefficient (Wildman–Crippen LogP) is 3.30. The number of aryl methyl sites for hydroxylation is 3. The van der Waals surface area contributed by atoms with Crippen LogP contribution in [-0.4, -0.2) is 23.9 Å². The normalized spacial score (nSPS) is 11.5. The van der Waals surface area contributed by atoms with Crippen LogP contribution in [0.15, 0.2) is 64.2 Å². The number of pyridine rings is 1. The van der Waals surface area contributed by atoms with Gasteiger partial charge in [-0.05, 0) is 50.6 Å². The molecule has 0 spiro atoms. The van der Waals surface area contributed by atoms with Crippen LogP contribution in [0, 0.1) is 20.8 Å². The van der Waals surface area contributed by atoms with E-state index in [1.54, 1.807) is 6.07 Å². The highest BCUT2D eigenvalue weighted by Crippen LogP contribution is 2.32. The lowest BCUT2D eigenvalue weighted by molar-refractivity contribution is 0.762. The van der Waals surface area contributed by atoms with E-state index in [1.165, 1.54) is 7.05 Å². The van der Waals surface area contributed by atoms with Crippen molar-refractivity contribution in [1.29, 1.82) is 0 Å². The van der Waals surface area contributed by atoms with Crippen LogP contribution in [-0.2, 0) is 7.05 Å². The van der Waals surface area contributed by atoms with E-state index in [2.05, 4.69) is 11.1 Å². The molecule has 3 aromatic rings. The van der Waals surface area contributed by atoms with Gasteiger partial charge in [0.15, 0.2) is 5.82 Å². The molecule has 0 saturated heterocycles. The fourth-order valence-electron chi connectivity index (χ4n) is 4.08. The minimum Gasteiger partial charge on any atom is -0.277 e. The predicted molar refractivity (Wildman–Crippen MR) is 121 cm³/mol. The van der Waals surface area contributed by atoms with Gasteiger partial charge in [0.1, 0.15) is 5.65 Å². The van der Waals surface area contributed by atoms with Gasteiger partial charge in [0, 0.05) is 12.4 Å². The van der Waals surface area contributed by atoms with Gasteiger partial charge < -0.3 is 0 Å². The van der Waals surface area contributed by atoms with E-state index in [1.807, 2.05) is 72.5 Å². The summed E-state index contributed by atoms with van der Waals surface area (Å²) in [7, 11) is 1.45. The Hall–Kier alpha value is -4.00. The van der Waals surface area contributed by atoms with Crippen LogP contribution < -0.4 is 11.2 Å². The molecule has 31 heavy (non-hydrogen) atoms. The molecule has 0 N–H and O–H groups in total. The summed E-state index contributed by atoms with van der Waals surface area (Å²) in [5.41, 5.74) is 4.82. The molecule has 0 amide bonds. The molecule has 0 unspecified atom stereocenters. The van der Waals surface area contributed by atoms with E-state index in [0.717, 1.165) is 43.8 Å². The molecule has 0 radical (unpaired) electrons. The van der Waals surface area contributed by atoms with Crippen LogP contribution in [0.1, 0.15) is 16.8 Å². The third-order valence-electron chi connectivity index (χ3n) is 5.65. The van der Waals surface area contributed by atoms with E-state index in [0.29, 0.717) is 11.4 Å². The molecule has 3 heterocycles. The van der Waals surface area contributed by atoms with Crippen LogP contribution in [0.4, 0.5) is 0 Å². The van der Waals surface area contributed by atoms with Crippen LogP contribution >= 0.6 is 0 Å². The molecule has 7 nitrogen and oxygen atoms in total.